The van der Waals surface area contributed by atoms with Crippen molar-refractivity contribution in [2.45, 2.75) is 32.1 Å². The van der Waals surface area contributed by atoms with Gasteiger partial charge in [0.05, 0.1) is 0 Å². The molecule has 0 spiro atoms. The van der Waals surface area contributed by atoms with Gasteiger partial charge in [0.25, 0.3) is 0 Å². The minimum absolute atomic E-state index is 0.221. The fraction of sp³-hybridized carbons (Fsp3) is 0.545. The van der Waals surface area contributed by atoms with Crippen molar-refractivity contribution in [3.63, 3.8) is 0 Å². The molecule has 1 aromatic rings. The summed E-state index contributed by atoms with van der Waals surface area (Å²) in [5, 5.41) is 0. The maximum atomic E-state index is 11.3. The maximum Gasteiger partial charge on any atom is 0.300 e. The molecule has 1 heterocycles. The second-order valence-electron chi connectivity index (χ2n) is 3.85. The number of hydrogen-bond acceptors (Lipinski definition) is 5. The molecular weight excluding hydrogens is 238 g/mol. The first-order valence-corrected chi connectivity index (χ1v) is 6.67. The topological polar surface area (TPSA) is 94.3 Å². The van der Waals surface area contributed by atoms with Crippen molar-refractivity contribution in [3.05, 3.63) is 23.2 Å². The zero-order chi connectivity index (χ0) is 12.8. The lowest BCUT2D eigenvalue weighted by molar-refractivity contribution is 0.0924. The van der Waals surface area contributed by atoms with Crippen LogP contribution in [0.15, 0.2) is 10.5 Å². The number of nitrogens with one attached hydrogen (secondary N) is 1. The van der Waals surface area contributed by atoms with Crippen molar-refractivity contribution in [2.75, 3.05) is 5.75 Å². The van der Waals surface area contributed by atoms with E-state index >= 15 is 0 Å². The summed E-state index contributed by atoms with van der Waals surface area (Å²) >= 11 is 1.74. The van der Waals surface area contributed by atoms with Gasteiger partial charge in [-0.05, 0) is 19.4 Å². The van der Waals surface area contributed by atoms with Crippen LogP contribution in [-0.4, -0.2) is 17.7 Å². The van der Waals surface area contributed by atoms with Crippen molar-refractivity contribution < 1.29 is 9.21 Å². The number of thioether (sulfide) groups is 1. The average molecular weight is 257 g/mol. The standard InChI is InChI=1S/C11H19N3O2S/c1-3-9(12)6-17-5-8-4-10(11(15)14-13)16-7(8)2/h4,9H,3,5-6,12-13H2,1-2H3,(H,14,15). The molecule has 96 valence electrons. The van der Waals surface area contributed by atoms with Crippen LogP contribution in [0.3, 0.4) is 0 Å². The van der Waals surface area contributed by atoms with E-state index in [4.69, 9.17) is 16.0 Å². The molecule has 1 rings (SSSR count). The van der Waals surface area contributed by atoms with Gasteiger partial charge in [0.15, 0.2) is 5.76 Å². The van der Waals surface area contributed by atoms with Gasteiger partial charge >= 0.3 is 5.91 Å². The smallest absolute Gasteiger partial charge is 0.300 e. The quantitative estimate of drug-likeness (QED) is 0.404. The number of nitrogen functional groups attached to an aromatic ring is 1. The van der Waals surface area contributed by atoms with Gasteiger partial charge in [-0.15, -0.1) is 0 Å². The highest BCUT2D eigenvalue weighted by Crippen LogP contribution is 2.20. The Morgan fingerprint density at radius 1 is 1.65 bits per heavy atom. The van der Waals surface area contributed by atoms with E-state index in [0.717, 1.165) is 29.3 Å². The summed E-state index contributed by atoms with van der Waals surface area (Å²) in [6.07, 6.45) is 0.970. The van der Waals surface area contributed by atoms with Gasteiger partial charge in [0, 0.05) is 23.1 Å². The molecule has 0 saturated heterocycles. The molecule has 0 radical (unpaired) electrons. The third kappa shape index (κ3) is 4.07. The van der Waals surface area contributed by atoms with Crippen LogP contribution in [0.5, 0.6) is 0 Å². The Kier molecular flexibility index (Phi) is 5.54. The number of hydrazine groups is 1. The minimum Gasteiger partial charge on any atom is -0.456 e. The molecule has 5 nitrogen and oxygen atoms in total. The van der Waals surface area contributed by atoms with Gasteiger partial charge in [-0.1, -0.05) is 6.92 Å². The molecule has 0 saturated carbocycles. The van der Waals surface area contributed by atoms with E-state index in [1.54, 1.807) is 17.8 Å². The van der Waals surface area contributed by atoms with E-state index in [-0.39, 0.29) is 11.8 Å². The highest BCUT2D eigenvalue weighted by molar-refractivity contribution is 7.98. The summed E-state index contributed by atoms with van der Waals surface area (Å²) in [7, 11) is 0. The highest BCUT2D eigenvalue weighted by Gasteiger charge is 2.13. The Balaban J connectivity index is 2.54. The Hall–Kier alpha value is -0.980. The van der Waals surface area contributed by atoms with Gasteiger partial charge in [-0.25, -0.2) is 5.84 Å². The molecule has 1 atom stereocenters. The third-order valence-corrected chi connectivity index (χ3v) is 3.67. The lowest BCUT2D eigenvalue weighted by atomic mass is 10.3. The molecule has 0 bridgehead atoms. The van der Waals surface area contributed by atoms with Crippen molar-refractivity contribution in [1.29, 1.82) is 0 Å². The van der Waals surface area contributed by atoms with E-state index in [9.17, 15) is 4.79 Å². The van der Waals surface area contributed by atoms with Crippen LogP contribution in [0.4, 0.5) is 0 Å². The van der Waals surface area contributed by atoms with E-state index in [1.165, 1.54) is 0 Å². The molecule has 6 heteroatoms. The van der Waals surface area contributed by atoms with Crippen molar-refractivity contribution in [1.82, 2.24) is 5.43 Å². The summed E-state index contributed by atoms with van der Waals surface area (Å²) in [4.78, 5) is 11.3. The van der Waals surface area contributed by atoms with Crippen molar-refractivity contribution in [2.24, 2.45) is 11.6 Å². The number of furan rings is 1. The largest absolute Gasteiger partial charge is 0.456 e. The first kappa shape index (κ1) is 14.1. The number of rotatable bonds is 6. The average Bonchev–Trinajstić information content (AvgIpc) is 2.69. The van der Waals surface area contributed by atoms with Crippen LogP contribution in [0, 0.1) is 6.92 Å². The van der Waals surface area contributed by atoms with Gasteiger partial charge in [-0.2, -0.15) is 11.8 Å². The molecule has 1 amide bonds. The van der Waals surface area contributed by atoms with E-state index < -0.39 is 5.91 Å². The molecule has 1 aromatic heterocycles. The molecular formula is C11H19N3O2S. The molecule has 0 aliphatic heterocycles. The number of hydrogen-bond donors (Lipinski definition) is 3. The van der Waals surface area contributed by atoms with Crippen LogP contribution in [0.2, 0.25) is 0 Å². The van der Waals surface area contributed by atoms with Crippen LogP contribution < -0.4 is 17.0 Å². The van der Waals surface area contributed by atoms with E-state index in [1.807, 2.05) is 12.3 Å². The fourth-order valence-corrected chi connectivity index (χ4v) is 2.45. The van der Waals surface area contributed by atoms with Crippen molar-refractivity contribution in [3.8, 4) is 0 Å². The minimum atomic E-state index is -0.408. The van der Waals surface area contributed by atoms with Crippen LogP contribution in [0.25, 0.3) is 0 Å². The summed E-state index contributed by atoms with van der Waals surface area (Å²) in [5.41, 5.74) is 8.88. The number of aryl methyl sites for hydroxylation is 1. The maximum absolute atomic E-state index is 11.3. The summed E-state index contributed by atoms with van der Waals surface area (Å²) in [5.74, 6) is 7.33. The molecule has 0 aliphatic rings. The summed E-state index contributed by atoms with van der Waals surface area (Å²) in [6, 6.07) is 1.95. The normalized spacial score (nSPS) is 12.5. The zero-order valence-corrected chi connectivity index (χ0v) is 11.0. The Bertz CT molecular complexity index is 379. The predicted molar refractivity (Wildman–Crippen MR) is 69.5 cm³/mol. The predicted octanol–water partition coefficient (Wildman–Crippen LogP) is 1.16. The Labute approximate surface area is 105 Å². The first-order valence-electron chi connectivity index (χ1n) is 5.52. The molecule has 5 N–H and O–H groups in total. The summed E-state index contributed by atoms with van der Waals surface area (Å²) < 4.78 is 5.31. The monoisotopic (exact) mass is 257 g/mol. The second-order valence-corrected chi connectivity index (χ2v) is 4.88. The molecule has 0 fully saturated rings. The first-order chi connectivity index (χ1) is 8.08. The molecule has 17 heavy (non-hydrogen) atoms. The van der Waals surface area contributed by atoms with Crippen molar-refractivity contribution >= 4 is 17.7 Å². The Morgan fingerprint density at radius 2 is 2.35 bits per heavy atom. The lowest BCUT2D eigenvalue weighted by Gasteiger charge is -2.06. The Morgan fingerprint density at radius 3 is 2.94 bits per heavy atom. The van der Waals surface area contributed by atoms with E-state index in [0.29, 0.717) is 0 Å². The lowest BCUT2D eigenvalue weighted by Crippen LogP contribution is -2.29. The number of carbonyl (C=O) groups excluding carboxylic acids is 1. The van der Waals surface area contributed by atoms with Crippen LogP contribution >= 0.6 is 11.8 Å². The van der Waals surface area contributed by atoms with Gasteiger partial charge in [0.2, 0.25) is 0 Å². The number of amides is 1. The molecule has 0 aliphatic carbocycles. The number of nitrogens with two attached hydrogens (primary N) is 2. The third-order valence-electron chi connectivity index (χ3n) is 2.49. The highest BCUT2D eigenvalue weighted by atomic mass is 32.2. The van der Waals surface area contributed by atoms with Gasteiger partial charge in [0.1, 0.15) is 5.76 Å². The van der Waals surface area contributed by atoms with Gasteiger partial charge < -0.3 is 10.2 Å². The molecule has 1 unspecified atom stereocenters. The summed E-state index contributed by atoms with van der Waals surface area (Å²) in [6.45, 7) is 3.90. The second kappa shape index (κ2) is 6.68. The molecule has 0 aromatic carbocycles. The van der Waals surface area contributed by atoms with E-state index in [2.05, 4.69) is 6.92 Å². The van der Waals surface area contributed by atoms with Crippen LogP contribution in [-0.2, 0) is 5.75 Å². The zero-order valence-electron chi connectivity index (χ0n) is 10.2. The SMILES string of the molecule is CCC(N)CSCc1cc(C(=O)NN)oc1C. The van der Waals surface area contributed by atoms with Gasteiger partial charge in [-0.3, -0.25) is 10.2 Å². The number of carbonyl (C=O) groups is 1. The fourth-order valence-electron chi connectivity index (χ4n) is 1.28. The van der Waals surface area contributed by atoms with Crippen LogP contribution in [0.1, 0.15) is 35.2 Å².